The first-order valence-electron chi connectivity index (χ1n) is 6.26. The van der Waals surface area contributed by atoms with E-state index in [-0.39, 0.29) is 5.91 Å². The number of aryl methyl sites for hydroxylation is 4. The Labute approximate surface area is 112 Å². The van der Waals surface area contributed by atoms with Crippen LogP contribution in [0.1, 0.15) is 23.1 Å². The van der Waals surface area contributed by atoms with Crippen LogP contribution in [0.2, 0.25) is 0 Å². The highest BCUT2D eigenvalue weighted by Gasteiger charge is 2.07. The molecule has 1 amide bonds. The quantitative estimate of drug-likeness (QED) is 0.912. The molecule has 0 atom stereocenters. The summed E-state index contributed by atoms with van der Waals surface area (Å²) in [5.74, 6) is 0.291. The van der Waals surface area contributed by atoms with Crippen molar-refractivity contribution in [1.82, 2.24) is 14.8 Å². The van der Waals surface area contributed by atoms with Gasteiger partial charge in [0.25, 0.3) is 0 Å². The average Bonchev–Trinajstić information content (AvgIpc) is 2.73. The van der Waals surface area contributed by atoms with Gasteiger partial charge in [-0.1, -0.05) is 23.8 Å². The van der Waals surface area contributed by atoms with Gasteiger partial charge in [0, 0.05) is 13.5 Å². The molecular formula is C14H18N4O. The fourth-order valence-electron chi connectivity index (χ4n) is 1.96. The first-order valence-corrected chi connectivity index (χ1v) is 6.26. The van der Waals surface area contributed by atoms with Crippen molar-refractivity contribution in [2.24, 2.45) is 7.05 Å². The molecule has 0 aliphatic heterocycles. The molecule has 1 aromatic heterocycles. The lowest BCUT2D eigenvalue weighted by molar-refractivity contribution is -0.116. The van der Waals surface area contributed by atoms with Crippen molar-refractivity contribution in [2.45, 2.75) is 26.7 Å². The number of hydrogen-bond acceptors (Lipinski definition) is 3. The van der Waals surface area contributed by atoms with Gasteiger partial charge in [0.1, 0.15) is 6.33 Å². The van der Waals surface area contributed by atoms with Crippen molar-refractivity contribution in [2.75, 3.05) is 5.32 Å². The van der Waals surface area contributed by atoms with Gasteiger partial charge in [-0.25, -0.2) is 4.98 Å². The van der Waals surface area contributed by atoms with Crippen LogP contribution in [-0.2, 0) is 18.3 Å². The molecule has 1 aromatic carbocycles. The molecule has 0 saturated heterocycles. The Hall–Kier alpha value is -2.17. The van der Waals surface area contributed by atoms with Crippen molar-refractivity contribution < 1.29 is 4.79 Å². The van der Waals surface area contributed by atoms with Gasteiger partial charge in [-0.05, 0) is 31.4 Å². The van der Waals surface area contributed by atoms with E-state index >= 15 is 0 Å². The Morgan fingerprint density at radius 3 is 2.79 bits per heavy atom. The first-order chi connectivity index (χ1) is 9.04. The van der Waals surface area contributed by atoms with Crippen LogP contribution >= 0.6 is 0 Å². The number of benzene rings is 1. The smallest absolute Gasteiger partial charge is 0.248 e. The van der Waals surface area contributed by atoms with E-state index in [0.717, 1.165) is 6.42 Å². The molecule has 1 heterocycles. The van der Waals surface area contributed by atoms with E-state index < -0.39 is 0 Å². The highest BCUT2D eigenvalue weighted by molar-refractivity contribution is 5.88. The minimum absolute atomic E-state index is 0.0637. The molecule has 0 fully saturated rings. The molecule has 5 nitrogen and oxygen atoms in total. The number of rotatable bonds is 4. The standard InChI is InChI=1S/C14H18N4O/c1-10-4-5-12(11(2)8-10)6-7-13(19)16-14-15-9-18(3)17-14/h4-5,8-9H,6-7H2,1-3H3,(H,16,17,19). The number of carbonyl (C=O) groups is 1. The van der Waals surface area contributed by atoms with Crippen LogP contribution < -0.4 is 5.32 Å². The van der Waals surface area contributed by atoms with Crippen LogP contribution in [0.3, 0.4) is 0 Å². The minimum Gasteiger partial charge on any atom is -0.293 e. The number of anilines is 1. The maximum absolute atomic E-state index is 11.8. The van der Waals surface area contributed by atoms with Crippen molar-refractivity contribution in [3.8, 4) is 0 Å². The summed E-state index contributed by atoms with van der Waals surface area (Å²) in [6.45, 7) is 4.14. The summed E-state index contributed by atoms with van der Waals surface area (Å²) in [4.78, 5) is 15.7. The highest BCUT2D eigenvalue weighted by Crippen LogP contribution is 2.12. The molecular weight excluding hydrogens is 240 g/mol. The molecule has 0 unspecified atom stereocenters. The summed E-state index contributed by atoms with van der Waals surface area (Å²) in [6.07, 6.45) is 2.71. The van der Waals surface area contributed by atoms with E-state index in [1.807, 2.05) is 0 Å². The summed E-state index contributed by atoms with van der Waals surface area (Å²) >= 11 is 0. The molecule has 0 radical (unpaired) electrons. The monoisotopic (exact) mass is 258 g/mol. The second kappa shape index (κ2) is 5.65. The predicted octanol–water partition coefficient (Wildman–Crippen LogP) is 2.00. The Kier molecular flexibility index (Phi) is 3.94. The third-order valence-electron chi connectivity index (χ3n) is 2.97. The maximum Gasteiger partial charge on any atom is 0.248 e. The van der Waals surface area contributed by atoms with E-state index in [9.17, 15) is 4.79 Å². The Morgan fingerprint density at radius 1 is 1.37 bits per heavy atom. The molecule has 0 bridgehead atoms. The number of carbonyl (C=O) groups excluding carboxylic acids is 1. The Bertz CT molecular complexity index is 589. The zero-order valence-corrected chi connectivity index (χ0v) is 11.5. The van der Waals surface area contributed by atoms with Crippen LogP contribution in [0.15, 0.2) is 24.5 Å². The Morgan fingerprint density at radius 2 is 2.16 bits per heavy atom. The third kappa shape index (κ3) is 3.64. The number of nitrogens with zero attached hydrogens (tertiary/aromatic N) is 3. The van der Waals surface area contributed by atoms with Crippen molar-refractivity contribution in [3.63, 3.8) is 0 Å². The van der Waals surface area contributed by atoms with Gasteiger partial charge < -0.3 is 0 Å². The fourth-order valence-corrected chi connectivity index (χ4v) is 1.96. The summed E-state index contributed by atoms with van der Waals surface area (Å²) in [5, 5.41) is 6.69. The highest BCUT2D eigenvalue weighted by atomic mass is 16.1. The van der Waals surface area contributed by atoms with E-state index in [1.54, 1.807) is 18.1 Å². The lowest BCUT2D eigenvalue weighted by atomic mass is 10.0. The van der Waals surface area contributed by atoms with Crippen LogP contribution in [0, 0.1) is 13.8 Å². The zero-order valence-electron chi connectivity index (χ0n) is 11.5. The number of amides is 1. The summed E-state index contributed by atoms with van der Waals surface area (Å²) in [7, 11) is 1.76. The molecule has 0 aliphatic rings. The summed E-state index contributed by atoms with van der Waals surface area (Å²) in [6, 6.07) is 6.28. The number of aromatic nitrogens is 3. The second-order valence-electron chi connectivity index (χ2n) is 4.72. The maximum atomic E-state index is 11.8. The van der Waals surface area contributed by atoms with Gasteiger partial charge in [-0.3, -0.25) is 14.8 Å². The molecule has 2 aromatic rings. The van der Waals surface area contributed by atoms with Crippen LogP contribution in [0.4, 0.5) is 5.95 Å². The van der Waals surface area contributed by atoms with Crippen LogP contribution in [-0.4, -0.2) is 20.7 Å². The van der Waals surface area contributed by atoms with Gasteiger partial charge in [-0.15, -0.1) is 5.10 Å². The lowest BCUT2D eigenvalue weighted by Crippen LogP contribution is -2.14. The van der Waals surface area contributed by atoms with Crippen molar-refractivity contribution in [1.29, 1.82) is 0 Å². The number of nitrogens with one attached hydrogen (secondary N) is 1. The van der Waals surface area contributed by atoms with E-state index in [0.29, 0.717) is 12.4 Å². The largest absolute Gasteiger partial charge is 0.293 e. The summed E-state index contributed by atoms with van der Waals surface area (Å²) in [5.41, 5.74) is 3.67. The van der Waals surface area contributed by atoms with Gasteiger partial charge >= 0.3 is 0 Å². The molecule has 2 rings (SSSR count). The van der Waals surface area contributed by atoms with Gasteiger partial charge in [0.05, 0.1) is 0 Å². The molecule has 0 saturated carbocycles. The van der Waals surface area contributed by atoms with E-state index in [4.69, 9.17) is 0 Å². The Balaban J connectivity index is 1.89. The van der Waals surface area contributed by atoms with E-state index in [1.165, 1.54) is 16.7 Å². The van der Waals surface area contributed by atoms with Crippen molar-refractivity contribution >= 4 is 11.9 Å². The molecule has 5 heteroatoms. The number of hydrogen-bond donors (Lipinski definition) is 1. The molecule has 100 valence electrons. The molecule has 1 N–H and O–H groups in total. The fraction of sp³-hybridized carbons (Fsp3) is 0.357. The summed E-state index contributed by atoms with van der Waals surface area (Å²) < 4.78 is 1.56. The third-order valence-corrected chi connectivity index (χ3v) is 2.97. The van der Waals surface area contributed by atoms with Gasteiger partial charge in [0.15, 0.2) is 0 Å². The van der Waals surface area contributed by atoms with Crippen molar-refractivity contribution in [3.05, 3.63) is 41.2 Å². The zero-order chi connectivity index (χ0) is 13.8. The van der Waals surface area contributed by atoms with E-state index in [2.05, 4.69) is 47.4 Å². The molecule has 19 heavy (non-hydrogen) atoms. The van der Waals surface area contributed by atoms with Gasteiger partial charge in [0.2, 0.25) is 11.9 Å². The average molecular weight is 258 g/mol. The first kappa shape index (κ1) is 13.3. The SMILES string of the molecule is Cc1ccc(CCC(=O)Nc2ncn(C)n2)c(C)c1. The van der Waals surface area contributed by atoms with Crippen LogP contribution in [0.25, 0.3) is 0 Å². The minimum atomic E-state index is -0.0637. The normalized spacial score (nSPS) is 10.5. The topological polar surface area (TPSA) is 59.8 Å². The van der Waals surface area contributed by atoms with Crippen LogP contribution in [0.5, 0.6) is 0 Å². The lowest BCUT2D eigenvalue weighted by Gasteiger charge is -2.06. The molecule has 0 spiro atoms. The van der Waals surface area contributed by atoms with Gasteiger partial charge in [-0.2, -0.15) is 0 Å². The predicted molar refractivity (Wildman–Crippen MR) is 73.9 cm³/mol. The molecule has 0 aliphatic carbocycles. The second-order valence-corrected chi connectivity index (χ2v) is 4.72.